The molecule has 1 rings (SSSR count). The molecule has 0 aromatic heterocycles. The van der Waals surface area contributed by atoms with Gasteiger partial charge in [-0.3, -0.25) is 62.9 Å². The van der Waals surface area contributed by atoms with Gasteiger partial charge in [0, 0.05) is 60.7 Å². The summed E-state index contributed by atoms with van der Waals surface area (Å²) in [6.07, 6.45) is 2.21. The van der Waals surface area contributed by atoms with Gasteiger partial charge < -0.3 is 60.7 Å². The van der Waals surface area contributed by atoms with Crippen molar-refractivity contribution in [1.82, 2.24) is 55.6 Å². The highest BCUT2D eigenvalue weighted by molar-refractivity contribution is 6.00. The average Bonchev–Trinajstić information content (AvgIpc) is 0.843. The first-order chi connectivity index (χ1) is 41.6. The van der Waals surface area contributed by atoms with Gasteiger partial charge in [0.15, 0.2) is 0 Å². The standard InChI is InChI=1S/C64H114N12O14/c1-25-28-29-41(15)53(77)52-57(81)67-44(27-3)59(83)69(18)45(30-31-76(89)90)60(84)74(23)51(40(14)26-2)56(80)68-49(38(10)11)63(87)70(19)46(32-35(4)5)55(79)65-42(16)54(78)66-43(17)58(82)71(20)47(33-36(6)7)61(85)72(21)48(34-37(8)9)62(86)73(22)50(39(12)13)64(88)75(52)24/h25,28,35-53,77H,26-27,29-34H2,1-24H3,(H,65,79)(H,66,78)(H,67,81)(H,68,80)/t40?,41-,42+,43-,44+,45-,46+,47+,48+,49+,50+,51+,52+,53-/m1/s1. The highest BCUT2D eigenvalue weighted by Crippen LogP contribution is 2.26. The van der Waals surface area contributed by atoms with E-state index in [0.717, 1.165) is 14.7 Å². The van der Waals surface area contributed by atoms with Crippen LogP contribution in [0.1, 0.15) is 163 Å². The lowest BCUT2D eigenvalue weighted by molar-refractivity contribution is -0.481. The number of hydrogen-bond acceptors (Lipinski definition) is 14. The summed E-state index contributed by atoms with van der Waals surface area (Å²) in [6, 6.07) is -14.8. The third-order valence-electron chi connectivity index (χ3n) is 17.4. The van der Waals surface area contributed by atoms with E-state index < -0.39 is 179 Å². The maximum absolute atomic E-state index is 15.2. The molecule has 1 fully saturated rings. The Kier molecular flexibility index (Phi) is 33.4. The van der Waals surface area contributed by atoms with E-state index in [1.165, 1.54) is 82.8 Å². The molecule has 0 aromatic rings. The number of nitrogens with zero attached hydrogens (tertiary/aromatic N) is 8. The van der Waals surface area contributed by atoms with E-state index in [1.54, 1.807) is 74.5 Å². The van der Waals surface area contributed by atoms with Crippen molar-refractivity contribution in [3.05, 3.63) is 22.3 Å². The van der Waals surface area contributed by atoms with Gasteiger partial charge in [-0.1, -0.05) is 116 Å². The number of nitrogens with one attached hydrogen (secondary N) is 4. The number of carbonyl (C=O) groups is 11. The minimum atomic E-state index is -1.71. The number of aliphatic hydroxyl groups is 1. The Balaban J connectivity index is 4.52. The van der Waals surface area contributed by atoms with E-state index in [0.29, 0.717) is 6.42 Å². The first kappa shape index (κ1) is 81.3. The van der Waals surface area contributed by atoms with Crippen molar-refractivity contribution in [1.29, 1.82) is 0 Å². The molecule has 26 heteroatoms. The zero-order valence-electron chi connectivity index (χ0n) is 58.6. The molecule has 0 radical (unpaired) electrons. The van der Waals surface area contributed by atoms with Crippen LogP contribution in [0.2, 0.25) is 0 Å². The lowest BCUT2D eigenvalue weighted by atomic mass is 9.91. The van der Waals surface area contributed by atoms with Crippen LogP contribution in [0.3, 0.4) is 0 Å². The van der Waals surface area contributed by atoms with Crippen molar-refractivity contribution in [2.24, 2.45) is 41.4 Å². The molecule has 0 aromatic carbocycles. The Morgan fingerprint density at radius 1 is 0.489 bits per heavy atom. The van der Waals surface area contributed by atoms with Crippen molar-refractivity contribution in [2.75, 3.05) is 55.9 Å². The number of aliphatic hydroxyl groups excluding tert-OH is 1. The largest absolute Gasteiger partial charge is 0.390 e. The molecule has 0 bridgehead atoms. The number of carbonyl (C=O) groups excluding carboxylic acids is 11. The van der Waals surface area contributed by atoms with E-state index in [1.807, 2.05) is 41.5 Å². The van der Waals surface area contributed by atoms with Crippen LogP contribution in [0.25, 0.3) is 0 Å². The summed E-state index contributed by atoms with van der Waals surface area (Å²) >= 11 is 0. The molecule has 514 valence electrons. The topological polar surface area (TPSA) is 322 Å². The summed E-state index contributed by atoms with van der Waals surface area (Å²) in [7, 11) is 9.51. The molecule has 26 nitrogen and oxygen atoms in total. The number of allylic oxidation sites excluding steroid dienone is 2. The number of rotatable bonds is 18. The van der Waals surface area contributed by atoms with Crippen LogP contribution in [-0.2, 0) is 52.7 Å². The fraction of sp³-hybridized carbons (Fsp3) is 0.797. The second-order valence-corrected chi connectivity index (χ2v) is 26.8. The maximum atomic E-state index is 15.2. The minimum absolute atomic E-state index is 0.109. The fourth-order valence-corrected chi connectivity index (χ4v) is 11.5. The molecule has 1 aliphatic rings. The van der Waals surface area contributed by atoms with E-state index >= 15 is 19.2 Å². The normalized spacial score (nSPS) is 27.2. The molecule has 0 spiro atoms. The van der Waals surface area contributed by atoms with Crippen LogP contribution in [0.5, 0.6) is 0 Å². The van der Waals surface area contributed by atoms with Crippen molar-refractivity contribution in [3.8, 4) is 0 Å². The third-order valence-corrected chi connectivity index (χ3v) is 17.4. The quantitative estimate of drug-likeness (QED) is 0.0748. The van der Waals surface area contributed by atoms with Gasteiger partial charge in [-0.05, 0) is 94.3 Å². The molecule has 90 heavy (non-hydrogen) atoms. The van der Waals surface area contributed by atoms with E-state index in [4.69, 9.17) is 0 Å². The number of hydrogen-bond donors (Lipinski definition) is 5. The van der Waals surface area contributed by atoms with Crippen molar-refractivity contribution in [3.63, 3.8) is 0 Å². The molecule has 1 saturated heterocycles. The van der Waals surface area contributed by atoms with Crippen LogP contribution in [0.15, 0.2) is 12.2 Å². The molecule has 11 amide bonds. The summed E-state index contributed by atoms with van der Waals surface area (Å²) in [6.45, 7) is 28.3. The third kappa shape index (κ3) is 22.0. The minimum Gasteiger partial charge on any atom is -0.390 e. The number of nitro groups is 1. The monoisotopic (exact) mass is 1270 g/mol. The van der Waals surface area contributed by atoms with Crippen LogP contribution >= 0.6 is 0 Å². The van der Waals surface area contributed by atoms with E-state index in [-0.39, 0.29) is 49.9 Å². The van der Waals surface area contributed by atoms with Gasteiger partial charge >= 0.3 is 0 Å². The van der Waals surface area contributed by atoms with Gasteiger partial charge in [0.1, 0.15) is 66.5 Å². The number of amides is 11. The molecular weight excluding hydrogens is 1160 g/mol. The highest BCUT2D eigenvalue weighted by atomic mass is 16.6. The van der Waals surface area contributed by atoms with Crippen LogP contribution in [0.4, 0.5) is 0 Å². The SMILES string of the molecule is CC=CC[C@@H](C)[C@@H](O)[C@H]1C(=O)N[C@@H](CC)C(=O)N(C)[C@H](CC[N+](=O)[O-])C(=O)N(C)[C@@H](C(C)CC)C(=O)N[C@@H](C(C)C)C(=O)N(C)[C@@H](CC(C)C)C(=O)N[C@@H](C)C(=O)N[C@H](C)C(=O)N(C)[C@@H](CC(C)C)C(=O)N(C)[C@@H](CC(C)C)C(=O)N(C)[C@@H](C(C)C)C(=O)N1C. The zero-order chi connectivity index (χ0) is 69.8. The van der Waals surface area contributed by atoms with Gasteiger partial charge in [-0.15, -0.1) is 0 Å². The van der Waals surface area contributed by atoms with Gasteiger partial charge in [0.05, 0.1) is 6.10 Å². The maximum Gasteiger partial charge on any atom is 0.246 e. The number of likely N-dealkylation sites (N-methyl/N-ethyl adjacent to an activating group) is 7. The smallest absolute Gasteiger partial charge is 0.246 e. The summed E-state index contributed by atoms with van der Waals surface area (Å²) < 4.78 is 0. The van der Waals surface area contributed by atoms with Crippen LogP contribution in [-0.4, -0.2) is 238 Å². The van der Waals surface area contributed by atoms with Gasteiger partial charge in [-0.2, -0.15) is 0 Å². The van der Waals surface area contributed by atoms with Gasteiger partial charge in [-0.25, -0.2) is 0 Å². The predicted octanol–water partition coefficient (Wildman–Crippen LogP) is 3.30. The summed E-state index contributed by atoms with van der Waals surface area (Å²) in [5.74, 6) is -11.5. The molecule has 0 aliphatic carbocycles. The second-order valence-electron chi connectivity index (χ2n) is 26.8. The molecule has 14 atom stereocenters. The van der Waals surface area contributed by atoms with Gasteiger partial charge in [0.2, 0.25) is 71.5 Å². The lowest BCUT2D eigenvalue weighted by Gasteiger charge is -2.41. The summed E-state index contributed by atoms with van der Waals surface area (Å²) in [5.41, 5.74) is 0. The van der Waals surface area contributed by atoms with Gasteiger partial charge in [0.25, 0.3) is 0 Å². The molecule has 1 heterocycles. The van der Waals surface area contributed by atoms with E-state index in [9.17, 15) is 48.8 Å². The Bertz CT molecular complexity index is 2510. The Labute approximate surface area is 536 Å². The molecule has 1 aliphatic heterocycles. The lowest BCUT2D eigenvalue weighted by Crippen LogP contribution is -2.64. The van der Waals surface area contributed by atoms with Crippen molar-refractivity contribution in [2.45, 2.75) is 235 Å². The Hall–Kier alpha value is -6.73. The first-order valence-electron chi connectivity index (χ1n) is 32.1. The molecule has 5 N–H and O–H groups in total. The van der Waals surface area contributed by atoms with E-state index in [2.05, 4.69) is 21.3 Å². The predicted molar refractivity (Wildman–Crippen MR) is 344 cm³/mol. The Morgan fingerprint density at radius 3 is 1.37 bits per heavy atom. The Morgan fingerprint density at radius 2 is 0.911 bits per heavy atom. The first-order valence-corrected chi connectivity index (χ1v) is 32.1. The second kappa shape index (κ2) is 36.9. The molecular formula is C64H114N12O14. The highest BCUT2D eigenvalue weighted by Gasteiger charge is 2.47. The summed E-state index contributed by atoms with van der Waals surface area (Å²) in [5, 5.41) is 35.1. The average molecular weight is 1280 g/mol. The van der Waals surface area contributed by atoms with Crippen molar-refractivity contribution >= 4 is 65.0 Å². The molecule has 0 saturated carbocycles. The van der Waals surface area contributed by atoms with Crippen LogP contribution in [0, 0.1) is 51.5 Å². The van der Waals surface area contributed by atoms with Crippen molar-refractivity contribution < 1.29 is 62.8 Å². The molecule has 1 unspecified atom stereocenters. The zero-order valence-corrected chi connectivity index (χ0v) is 58.6. The summed E-state index contributed by atoms with van der Waals surface area (Å²) in [4.78, 5) is 182. The van der Waals surface area contributed by atoms with Crippen LogP contribution < -0.4 is 21.3 Å². The fourth-order valence-electron chi connectivity index (χ4n) is 11.5.